The third-order valence-electron chi connectivity index (χ3n) is 4.45. The Morgan fingerprint density at radius 3 is 2.82 bits per heavy atom. The summed E-state index contributed by atoms with van der Waals surface area (Å²) in [7, 11) is 1.30. The first-order valence-electron chi connectivity index (χ1n) is 9.00. The van der Waals surface area contributed by atoms with E-state index in [1.165, 1.54) is 7.11 Å². The third-order valence-corrected chi connectivity index (χ3v) is 4.45. The Morgan fingerprint density at radius 1 is 1.21 bits per heavy atom. The van der Waals surface area contributed by atoms with Gasteiger partial charge in [-0.1, -0.05) is 12.1 Å². The highest BCUT2D eigenvalue weighted by atomic mass is 16.5. The maximum Gasteiger partial charge on any atom is 0.307 e. The molecule has 0 unspecified atom stereocenters. The van der Waals surface area contributed by atoms with Gasteiger partial charge in [0.1, 0.15) is 5.82 Å². The molecule has 0 spiro atoms. The molecule has 0 bridgehead atoms. The van der Waals surface area contributed by atoms with Crippen molar-refractivity contribution in [3.05, 3.63) is 59.3 Å². The smallest absolute Gasteiger partial charge is 0.307 e. The van der Waals surface area contributed by atoms with Crippen molar-refractivity contribution in [3.63, 3.8) is 0 Å². The number of carbonyl (C=O) groups is 3. The fraction of sp³-hybridized carbons (Fsp3) is 0.300. The van der Waals surface area contributed by atoms with E-state index in [1.807, 2.05) is 18.2 Å². The van der Waals surface area contributed by atoms with Crippen LogP contribution in [0.3, 0.4) is 0 Å². The number of aromatic nitrogens is 1. The molecule has 146 valence electrons. The molecule has 28 heavy (non-hydrogen) atoms. The van der Waals surface area contributed by atoms with Gasteiger partial charge in [0.15, 0.2) is 0 Å². The Bertz CT molecular complexity index is 870. The summed E-state index contributed by atoms with van der Waals surface area (Å²) >= 11 is 0. The van der Waals surface area contributed by atoms with Crippen molar-refractivity contribution in [1.29, 1.82) is 0 Å². The molecule has 0 atom stereocenters. The molecule has 3 rings (SSSR count). The van der Waals surface area contributed by atoms with Crippen molar-refractivity contribution < 1.29 is 19.1 Å². The molecular weight excluding hydrogens is 360 g/mol. The number of hydrogen-bond donors (Lipinski definition) is 2. The van der Waals surface area contributed by atoms with Gasteiger partial charge in [0, 0.05) is 43.5 Å². The fourth-order valence-corrected chi connectivity index (χ4v) is 2.95. The number of hydrogen-bond acceptors (Lipinski definition) is 6. The number of amides is 2. The summed E-state index contributed by atoms with van der Waals surface area (Å²) in [6.45, 7) is 1.81. The standard InChI is InChI=1S/C20H22N4O4/c1-28-18(25)7-9-23-19(26)14-5-6-15-13-24(20(27)16(15)12-14)11-10-22-17-4-2-3-8-21-17/h2-6,8,12H,7,9-11,13H2,1H3,(H,21,22)(H,23,26). The van der Waals surface area contributed by atoms with Gasteiger partial charge in [0.05, 0.1) is 13.5 Å². The lowest BCUT2D eigenvalue weighted by molar-refractivity contribution is -0.140. The molecule has 2 N–H and O–H groups in total. The summed E-state index contributed by atoms with van der Waals surface area (Å²) in [5.41, 5.74) is 1.83. The number of pyridine rings is 1. The normalized spacial score (nSPS) is 12.5. The first kappa shape index (κ1) is 19.3. The second kappa shape index (κ2) is 8.98. The minimum atomic E-state index is -0.389. The average molecular weight is 382 g/mol. The van der Waals surface area contributed by atoms with Crippen LogP contribution in [0.1, 0.15) is 32.7 Å². The Labute approximate surface area is 162 Å². The van der Waals surface area contributed by atoms with Gasteiger partial charge in [0.25, 0.3) is 11.8 Å². The zero-order valence-corrected chi connectivity index (χ0v) is 15.6. The van der Waals surface area contributed by atoms with Crippen molar-refractivity contribution in [2.24, 2.45) is 0 Å². The minimum absolute atomic E-state index is 0.0953. The van der Waals surface area contributed by atoms with Gasteiger partial charge in [-0.2, -0.15) is 0 Å². The van der Waals surface area contributed by atoms with Gasteiger partial charge in [-0.25, -0.2) is 4.98 Å². The van der Waals surface area contributed by atoms with E-state index < -0.39 is 0 Å². The van der Waals surface area contributed by atoms with E-state index >= 15 is 0 Å². The zero-order valence-electron chi connectivity index (χ0n) is 15.6. The van der Waals surface area contributed by atoms with E-state index in [0.29, 0.717) is 30.8 Å². The van der Waals surface area contributed by atoms with Gasteiger partial charge in [-0.3, -0.25) is 14.4 Å². The van der Waals surface area contributed by atoms with Crippen LogP contribution >= 0.6 is 0 Å². The van der Waals surface area contributed by atoms with Crippen LogP contribution in [0.2, 0.25) is 0 Å². The van der Waals surface area contributed by atoms with Crippen molar-refractivity contribution >= 4 is 23.6 Å². The summed E-state index contributed by atoms with van der Waals surface area (Å²) in [5.74, 6) is -0.0474. The van der Waals surface area contributed by atoms with Crippen LogP contribution in [-0.2, 0) is 16.1 Å². The highest BCUT2D eigenvalue weighted by molar-refractivity contribution is 6.02. The van der Waals surface area contributed by atoms with Gasteiger partial charge >= 0.3 is 5.97 Å². The predicted octanol–water partition coefficient (Wildman–Crippen LogP) is 1.44. The molecule has 2 heterocycles. The molecule has 0 saturated heterocycles. The lowest BCUT2D eigenvalue weighted by atomic mass is 10.1. The van der Waals surface area contributed by atoms with Gasteiger partial charge in [-0.15, -0.1) is 0 Å². The van der Waals surface area contributed by atoms with Gasteiger partial charge in [-0.05, 0) is 29.8 Å². The van der Waals surface area contributed by atoms with Crippen LogP contribution in [0, 0.1) is 0 Å². The molecule has 1 aliphatic rings. The molecule has 1 aliphatic heterocycles. The molecule has 2 aromatic rings. The second-order valence-corrected chi connectivity index (χ2v) is 6.32. The lowest BCUT2D eigenvalue weighted by Crippen LogP contribution is -2.29. The minimum Gasteiger partial charge on any atom is -0.469 e. The first-order valence-corrected chi connectivity index (χ1v) is 9.00. The largest absolute Gasteiger partial charge is 0.469 e. The highest BCUT2D eigenvalue weighted by Gasteiger charge is 2.27. The SMILES string of the molecule is COC(=O)CCNC(=O)c1ccc2c(c1)C(=O)N(CCNc1ccccn1)C2. The maximum absolute atomic E-state index is 12.6. The number of carbonyl (C=O) groups excluding carboxylic acids is 3. The van der Waals surface area contributed by atoms with Crippen LogP contribution in [0.4, 0.5) is 5.82 Å². The Morgan fingerprint density at radius 2 is 2.07 bits per heavy atom. The predicted molar refractivity (Wildman–Crippen MR) is 103 cm³/mol. The summed E-state index contributed by atoms with van der Waals surface area (Å²) in [6.07, 6.45) is 1.81. The Kier molecular flexibility index (Phi) is 6.21. The van der Waals surface area contributed by atoms with E-state index in [2.05, 4.69) is 20.4 Å². The highest BCUT2D eigenvalue weighted by Crippen LogP contribution is 2.23. The Hall–Kier alpha value is -3.42. The van der Waals surface area contributed by atoms with Gasteiger partial charge < -0.3 is 20.3 Å². The molecule has 0 radical (unpaired) electrons. The molecule has 0 fully saturated rings. The number of methoxy groups -OCH3 is 1. The van der Waals surface area contributed by atoms with Crippen molar-refractivity contribution in [1.82, 2.24) is 15.2 Å². The molecule has 0 aliphatic carbocycles. The molecular formula is C20H22N4O4. The number of rotatable bonds is 8. The molecule has 1 aromatic carbocycles. The van der Waals surface area contributed by atoms with Crippen LogP contribution in [-0.4, -0.2) is 54.4 Å². The van der Waals surface area contributed by atoms with Crippen LogP contribution in [0.25, 0.3) is 0 Å². The Balaban J connectivity index is 1.55. The number of esters is 1. The number of anilines is 1. The number of ether oxygens (including phenoxy) is 1. The monoisotopic (exact) mass is 382 g/mol. The topological polar surface area (TPSA) is 101 Å². The molecule has 8 heteroatoms. The van der Waals surface area contributed by atoms with Crippen molar-refractivity contribution in [3.8, 4) is 0 Å². The van der Waals surface area contributed by atoms with E-state index in [-0.39, 0.29) is 30.7 Å². The van der Waals surface area contributed by atoms with E-state index in [9.17, 15) is 14.4 Å². The average Bonchev–Trinajstić information content (AvgIpc) is 3.03. The maximum atomic E-state index is 12.6. The summed E-state index contributed by atoms with van der Waals surface area (Å²) in [6, 6.07) is 10.7. The van der Waals surface area contributed by atoms with Gasteiger partial charge in [0.2, 0.25) is 0 Å². The van der Waals surface area contributed by atoms with Crippen molar-refractivity contribution in [2.45, 2.75) is 13.0 Å². The quantitative estimate of drug-likeness (QED) is 0.670. The zero-order chi connectivity index (χ0) is 19.9. The number of nitrogens with one attached hydrogen (secondary N) is 2. The number of benzene rings is 1. The number of nitrogens with zero attached hydrogens (tertiary/aromatic N) is 2. The van der Waals surface area contributed by atoms with E-state index in [1.54, 1.807) is 29.3 Å². The summed E-state index contributed by atoms with van der Waals surface area (Å²) < 4.78 is 4.54. The van der Waals surface area contributed by atoms with Crippen LogP contribution in [0.15, 0.2) is 42.6 Å². The number of fused-ring (bicyclic) bond motifs is 1. The van der Waals surface area contributed by atoms with E-state index in [0.717, 1.165) is 11.4 Å². The molecule has 8 nitrogen and oxygen atoms in total. The first-order chi connectivity index (χ1) is 13.6. The summed E-state index contributed by atoms with van der Waals surface area (Å²) in [5, 5.41) is 5.83. The van der Waals surface area contributed by atoms with Crippen LogP contribution in [0.5, 0.6) is 0 Å². The second-order valence-electron chi connectivity index (χ2n) is 6.32. The van der Waals surface area contributed by atoms with Crippen molar-refractivity contribution in [2.75, 3.05) is 32.1 Å². The fourth-order valence-electron chi connectivity index (χ4n) is 2.95. The van der Waals surface area contributed by atoms with E-state index in [4.69, 9.17) is 0 Å². The molecule has 0 saturated carbocycles. The molecule has 2 amide bonds. The summed E-state index contributed by atoms with van der Waals surface area (Å²) in [4.78, 5) is 41.9. The lowest BCUT2D eigenvalue weighted by Gasteiger charge is -2.16. The van der Waals surface area contributed by atoms with Crippen LogP contribution < -0.4 is 10.6 Å². The molecule has 1 aromatic heterocycles. The third kappa shape index (κ3) is 4.64.